The van der Waals surface area contributed by atoms with E-state index in [1.54, 1.807) is 19.2 Å². The van der Waals surface area contributed by atoms with Crippen molar-refractivity contribution in [1.82, 2.24) is 0 Å². The van der Waals surface area contributed by atoms with Gasteiger partial charge in [0.2, 0.25) is 0 Å². The Labute approximate surface area is 125 Å². The van der Waals surface area contributed by atoms with Gasteiger partial charge < -0.3 is 15.4 Å². The second-order valence-electron chi connectivity index (χ2n) is 5.22. The predicted molar refractivity (Wildman–Crippen MR) is 84.8 cm³/mol. The zero-order valence-corrected chi connectivity index (χ0v) is 12.6. The first-order valence-electron chi connectivity index (χ1n) is 6.93. The van der Waals surface area contributed by atoms with E-state index >= 15 is 0 Å². The molecule has 0 radical (unpaired) electrons. The van der Waals surface area contributed by atoms with Gasteiger partial charge in [-0.3, -0.25) is 0 Å². The van der Waals surface area contributed by atoms with Crippen LogP contribution in [0.3, 0.4) is 0 Å². The van der Waals surface area contributed by atoms with Gasteiger partial charge in [-0.25, -0.2) is 4.39 Å². The molecule has 0 saturated heterocycles. The average Bonchev–Trinajstić information content (AvgIpc) is 2.46. The summed E-state index contributed by atoms with van der Waals surface area (Å²) in [5.74, 6) is 0.534. The molecule has 0 bridgehead atoms. The lowest BCUT2D eigenvalue weighted by Crippen LogP contribution is -2.18. The van der Waals surface area contributed by atoms with Crippen molar-refractivity contribution in [2.45, 2.75) is 19.4 Å². The van der Waals surface area contributed by atoms with Crippen LogP contribution in [0, 0.1) is 5.82 Å². The molecule has 0 fully saturated rings. The topological polar surface area (TPSA) is 38.5 Å². The third-order valence-electron chi connectivity index (χ3n) is 3.39. The van der Waals surface area contributed by atoms with Crippen molar-refractivity contribution in [2.75, 3.05) is 19.1 Å². The molecule has 2 aromatic carbocycles. The first-order valence-corrected chi connectivity index (χ1v) is 6.93. The molecule has 0 aliphatic heterocycles. The number of methoxy groups -OCH3 is 1. The number of ether oxygens (including phenoxy) is 1. The van der Waals surface area contributed by atoms with Crippen molar-refractivity contribution in [2.24, 2.45) is 5.73 Å². The van der Waals surface area contributed by atoms with E-state index in [0.29, 0.717) is 12.1 Å². The van der Waals surface area contributed by atoms with Gasteiger partial charge in [0, 0.05) is 18.8 Å². The number of halogens is 1. The normalized spacial score (nSPS) is 12.0. The van der Waals surface area contributed by atoms with Gasteiger partial charge in [-0.1, -0.05) is 6.07 Å². The summed E-state index contributed by atoms with van der Waals surface area (Å²) in [6, 6.07) is 12.8. The summed E-state index contributed by atoms with van der Waals surface area (Å²) < 4.78 is 19.4. The van der Waals surface area contributed by atoms with Crippen molar-refractivity contribution in [1.29, 1.82) is 0 Å². The van der Waals surface area contributed by atoms with Crippen LogP contribution in [-0.4, -0.2) is 20.2 Å². The molecule has 0 heterocycles. The van der Waals surface area contributed by atoms with Crippen LogP contribution in [-0.2, 0) is 6.42 Å². The molecule has 0 amide bonds. The van der Waals surface area contributed by atoms with Gasteiger partial charge in [-0.2, -0.15) is 0 Å². The van der Waals surface area contributed by atoms with E-state index in [-0.39, 0.29) is 11.9 Å². The number of hydrogen-bond donors (Lipinski definition) is 1. The summed E-state index contributed by atoms with van der Waals surface area (Å²) in [5.41, 5.74) is 8.09. The fourth-order valence-corrected chi connectivity index (χ4v) is 2.27. The Balaban J connectivity index is 2.23. The first-order chi connectivity index (χ1) is 10.0. The summed E-state index contributed by atoms with van der Waals surface area (Å²) in [5, 5.41) is 0. The second kappa shape index (κ2) is 6.59. The van der Waals surface area contributed by atoms with Crippen molar-refractivity contribution >= 4 is 11.4 Å². The molecular weight excluding hydrogens is 267 g/mol. The van der Waals surface area contributed by atoms with E-state index in [1.165, 1.54) is 0 Å². The van der Waals surface area contributed by atoms with Crippen LogP contribution >= 0.6 is 0 Å². The molecule has 0 aliphatic rings. The predicted octanol–water partition coefficient (Wildman–Crippen LogP) is 3.49. The number of benzene rings is 2. The maximum atomic E-state index is 14.3. The Morgan fingerprint density at radius 2 is 1.86 bits per heavy atom. The maximum absolute atomic E-state index is 14.3. The minimum absolute atomic E-state index is 0.0227. The maximum Gasteiger partial charge on any atom is 0.147 e. The van der Waals surface area contributed by atoms with E-state index in [9.17, 15) is 4.39 Å². The molecule has 0 aliphatic carbocycles. The first kappa shape index (κ1) is 15.3. The van der Waals surface area contributed by atoms with Gasteiger partial charge >= 0.3 is 0 Å². The zero-order valence-electron chi connectivity index (χ0n) is 12.6. The molecule has 2 N–H and O–H groups in total. The lowest BCUT2D eigenvalue weighted by Gasteiger charge is -2.21. The molecule has 0 aromatic heterocycles. The minimum Gasteiger partial charge on any atom is -0.497 e. The van der Waals surface area contributed by atoms with Crippen LogP contribution in [0.4, 0.5) is 15.8 Å². The third kappa shape index (κ3) is 3.73. The zero-order chi connectivity index (χ0) is 15.4. The summed E-state index contributed by atoms with van der Waals surface area (Å²) >= 11 is 0. The standard InChI is InChI=1S/C17H21FN2O/c1-12(19)10-13-4-9-17(16(18)11-13)20(2)14-5-7-15(21-3)8-6-14/h4-9,11-12H,10,19H2,1-3H3. The molecule has 2 rings (SSSR count). The van der Waals surface area contributed by atoms with Crippen LogP contribution < -0.4 is 15.4 Å². The monoisotopic (exact) mass is 288 g/mol. The summed E-state index contributed by atoms with van der Waals surface area (Å²) in [6.07, 6.45) is 0.670. The van der Waals surface area contributed by atoms with Gasteiger partial charge in [0.15, 0.2) is 0 Å². The van der Waals surface area contributed by atoms with Gasteiger partial charge in [-0.15, -0.1) is 0 Å². The fourth-order valence-electron chi connectivity index (χ4n) is 2.27. The second-order valence-corrected chi connectivity index (χ2v) is 5.22. The van der Waals surface area contributed by atoms with Crippen LogP contribution in [0.1, 0.15) is 12.5 Å². The number of nitrogens with zero attached hydrogens (tertiary/aromatic N) is 1. The smallest absolute Gasteiger partial charge is 0.147 e. The van der Waals surface area contributed by atoms with Crippen LogP contribution in [0.5, 0.6) is 5.75 Å². The van der Waals surface area contributed by atoms with E-state index < -0.39 is 0 Å². The average molecular weight is 288 g/mol. The van der Waals surface area contributed by atoms with Gasteiger partial charge in [0.1, 0.15) is 11.6 Å². The van der Waals surface area contributed by atoms with Crippen molar-refractivity contribution in [3.8, 4) is 5.75 Å². The molecule has 21 heavy (non-hydrogen) atoms. The number of anilines is 2. The highest BCUT2D eigenvalue weighted by molar-refractivity contribution is 5.64. The Hall–Kier alpha value is -2.07. The fraction of sp³-hybridized carbons (Fsp3) is 0.294. The van der Waals surface area contributed by atoms with E-state index in [1.807, 2.05) is 49.2 Å². The summed E-state index contributed by atoms with van der Waals surface area (Å²) in [4.78, 5) is 1.81. The lowest BCUT2D eigenvalue weighted by atomic mass is 10.1. The molecule has 3 nitrogen and oxygen atoms in total. The molecule has 1 atom stereocenters. The highest BCUT2D eigenvalue weighted by Gasteiger charge is 2.11. The van der Waals surface area contributed by atoms with E-state index in [0.717, 1.165) is 17.0 Å². The van der Waals surface area contributed by atoms with Gasteiger partial charge in [0.25, 0.3) is 0 Å². The molecule has 0 saturated carbocycles. The molecule has 2 aromatic rings. The number of hydrogen-bond acceptors (Lipinski definition) is 3. The molecule has 112 valence electrons. The molecular formula is C17H21FN2O. The van der Waals surface area contributed by atoms with Crippen molar-refractivity contribution < 1.29 is 9.13 Å². The highest BCUT2D eigenvalue weighted by atomic mass is 19.1. The van der Waals surface area contributed by atoms with Crippen molar-refractivity contribution in [3.05, 3.63) is 53.8 Å². The van der Waals surface area contributed by atoms with E-state index in [2.05, 4.69) is 0 Å². The van der Waals surface area contributed by atoms with Crippen molar-refractivity contribution in [3.63, 3.8) is 0 Å². The Morgan fingerprint density at radius 1 is 1.19 bits per heavy atom. The third-order valence-corrected chi connectivity index (χ3v) is 3.39. The quantitative estimate of drug-likeness (QED) is 0.915. The van der Waals surface area contributed by atoms with Crippen LogP contribution in [0.2, 0.25) is 0 Å². The Kier molecular flexibility index (Phi) is 4.81. The van der Waals surface area contributed by atoms with E-state index in [4.69, 9.17) is 10.5 Å². The van der Waals surface area contributed by atoms with Crippen LogP contribution in [0.15, 0.2) is 42.5 Å². The molecule has 0 spiro atoms. The Morgan fingerprint density at radius 3 is 2.38 bits per heavy atom. The largest absolute Gasteiger partial charge is 0.497 e. The number of nitrogens with two attached hydrogens (primary N) is 1. The molecule has 1 unspecified atom stereocenters. The Bertz CT molecular complexity index is 596. The van der Waals surface area contributed by atoms with Gasteiger partial charge in [-0.05, 0) is 55.3 Å². The number of rotatable bonds is 5. The SMILES string of the molecule is COc1ccc(N(C)c2ccc(CC(C)N)cc2F)cc1. The minimum atomic E-state index is -0.244. The lowest BCUT2D eigenvalue weighted by molar-refractivity contribution is 0.415. The van der Waals surface area contributed by atoms with Gasteiger partial charge in [0.05, 0.1) is 12.8 Å². The highest BCUT2D eigenvalue weighted by Crippen LogP contribution is 2.28. The molecule has 4 heteroatoms. The summed E-state index contributed by atoms with van der Waals surface area (Å²) in [7, 11) is 3.46. The summed E-state index contributed by atoms with van der Waals surface area (Å²) in [6.45, 7) is 1.91. The van der Waals surface area contributed by atoms with Crippen LogP contribution in [0.25, 0.3) is 0 Å².